The van der Waals surface area contributed by atoms with Crippen molar-refractivity contribution in [3.05, 3.63) is 70.5 Å². The molecule has 0 saturated carbocycles. The molecule has 0 atom stereocenters. The number of piperidine rings is 1. The van der Waals surface area contributed by atoms with Crippen LogP contribution in [0.2, 0.25) is 0 Å². The SMILES string of the molecule is COc1ccc(-c2cc(=O)[nH]c(-c3ccccc3CN3CCC(F)CC3)n2)cc1. The van der Waals surface area contributed by atoms with Gasteiger partial charge in [0.25, 0.3) is 5.56 Å². The number of hydrogen-bond acceptors (Lipinski definition) is 4. The van der Waals surface area contributed by atoms with Crippen molar-refractivity contribution in [2.75, 3.05) is 20.2 Å². The van der Waals surface area contributed by atoms with Crippen molar-refractivity contribution in [2.24, 2.45) is 0 Å². The molecule has 1 aliphatic rings. The highest BCUT2D eigenvalue weighted by atomic mass is 19.1. The fourth-order valence-corrected chi connectivity index (χ4v) is 3.68. The van der Waals surface area contributed by atoms with Crippen LogP contribution in [-0.2, 0) is 6.54 Å². The molecule has 2 heterocycles. The predicted molar refractivity (Wildman–Crippen MR) is 112 cm³/mol. The fraction of sp³-hybridized carbons (Fsp3) is 0.304. The molecule has 2 aromatic carbocycles. The van der Waals surface area contributed by atoms with Crippen LogP contribution in [0.1, 0.15) is 18.4 Å². The Morgan fingerprint density at radius 3 is 2.59 bits per heavy atom. The summed E-state index contributed by atoms with van der Waals surface area (Å²) in [7, 11) is 1.62. The van der Waals surface area contributed by atoms with Gasteiger partial charge in [0.2, 0.25) is 0 Å². The van der Waals surface area contributed by atoms with Crippen molar-refractivity contribution in [1.82, 2.24) is 14.9 Å². The number of methoxy groups -OCH3 is 1. The molecule has 0 aliphatic carbocycles. The smallest absolute Gasteiger partial charge is 0.251 e. The summed E-state index contributed by atoms with van der Waals surface area (Å²) in [6, 6.07) is 16.9. The lowest BCUT2D eigenvalue weighted by atomic mass is 10.0. The molecule has 3 aromatic rings. The first-order chi connectivity index (χ1) is 14.1. The molecule has 1 N–H and O–H groups in total. The van der Waals surface area contributed by atoms with Crippen LogP contribution in [0.15, 0.2) is 59.4 Å². The van der Waals surface area contributed by atoms with Gasteiger partial charge in [-0.3, -0.25) is 9.69 Å². The van der Waals surface area contributed by atoms with E-state index >= 15 is 0 Å². The molecule has 1 fully saturated rings. The van der Waals surface area contributed by atoms with E-state index in [2.05, 4.69) is 9.88 Å². The summed E-state index contributed by atoms with van der Waals surface area (Å²) in [5.74, 6) is 1.29. The molecule has 0 amide bonds. The molecule has 4 rings (SSSR count). The van der Waals surface area contributed by atoms with Crippen LogP contribution in [0.4, 0.5) is 4.39 Å². The van der Waals surface area contributed by atoms with E-state index in [0.29, 0.717) is 30.9 Å². The number of benzene rings is 2. The van der Waals surface area contributed by atoms with E-state index in [1.165, 1.54) is 6.07 Å². The van der Waals surface area contributed by atoms with Crippen LogP contribution in [0.25, 0.3) is 22.6 Å². The summed E-state index contributed by atoms with van der Waals surface area (Å²) in [6.45, 7) is 2.19. The molecule has 0 spiro atoms. The molecule has 5 nitrogen and oxygen atoms in total. The Bertz CT molecular complexity index is 1020. The number of hydrogen-bond donors (Lipinski definition) is 1. The highest BCUT2D eigenvalue weighted by Gasteiger charge is 2.20. The summed E-state index contributed by atoms with van der Waals surface area (Å²) >= 11 is 0. The molecule has 29 heavy (non-hydrogen) atoms. The van der Waals surface area contributed by atoms with Crippen LogP contribution in [0.3, 0.4) is 0 Å². The number of rotatable bonds is 5. The largest absolute Gasteiger partial charge is 0.497 e. The molecule has 1 saturated heterocycles. The number of ether oxygens (including phenoxy) is 1. The highest BCUT2D eigenvalue weighted by Crippen LogP contribution is 2.26. The second-order valence-electron chi connectivity index (χ2n) is 7.32. The van der Waals surface area contributed by atoms with Crippen molar-refractivity contribution < 1.29 is 9.13 Å². The van der Waals surface area contributed by atoms with Gasteiger partial charge in [0.05, 0.1) is 12.8 Å². The number of aromatic amines is 1. The molecule has 1 aromatic heterocycles. The minimum absolute atomic E-state index is 0.200. The van der Waals surface area contributed by atoms with E-state index in [1.807, 2.05) is 48.5 Å². The van der Waals surface area contributed by atoms with Crippen molar-refractivity contribution in [3.63, 3.8) is 0 Å². The minimum atomic E-state index is -0.694. The van der Waals surface area contributed by atoms with Gasteiger partial charge < -0.3 is 9.72 Å². The maximum Gasteiger partial charge on any atom is 0.251 e. The summed E-state index contributed by atoms with van der Waals surface area (Å²) in [5.41, 5.74) is 3.22. The van der Waals surface area contributed by atoms with Gasteiger partial charge in [-0.25, -0.2) is 9.37 Å². The average molecular weight is 393 g/mol. The number of nitrogens with zero attached hydrogens (tertiary/aromatic N) is 2. The van der Waals surface area contributed by atoms with Gasteiger partial charge in [-0.05, 0) is 42.7 Å². The molecular formula is C23H24FN3O2. The van der Waals surface area contributed by atoms with Gasteiger partial charge in [0.1, 0.15) is 17.7 Å². The fourth-order valence-electron chi connectivity index (χ4n) is 3.68. The zero-order valence-electron chi connectivity index (χ0n) is 16.4. The van der Waals surface area contributed by atoms with E-state index in [1.54, 1.807) is 7.11 Å². The van der Waals surface area contributed by atoms with Crippen molar-refractivity contribution in [3.8, 4) is 28.4 Å². The average Bonchev–Trinajstić information content (AvgIpc) is 2.75. The number of aromatic nitrogens is 2. The lowest BCUT2D eigenvalue weighted by molar-refractivity contribution is 0.145. The van der Waals surface area contributed by atoms with Crippen molar-refractivity contribution >= 4 is 0 Å². The van der Waals surface area contributed by atoms with E-state index in [4.69, 9.17) is 9.72 Å². The molecule has 150 valence electrons. The third-order valence-corrected chi connectivity index (χ3v) is 5.31. The summed E-state index contributed by atoms with van der Waals surface area (Å²) < 4.78 is 18.7. The molecule has 6 heteroatoms. The topological polar surface area (TPSA) is 58.2 Å². The summed E-state index contributed by atoms with van der Waals surface area (Å²) in [4.78, 5) is 22.2. The summed E-state index contributed by atoms with van der Waals surface area (Å²) in [6.07, 6.45) is 0.453. The van der Waals surface area contributed by atoms with Crippen LogP contribution in [0.5, 0.6) is 5.75 Å². The number of alkyl halides is 1. The normalized spacial score (nSPS) is 15.4. The zero-order chi connectivity index (χ0) is 20.2. The van der Waals surface area contributed by atoms with E-state index in [-0.39, 0.29) is 5.56 Å². The third-order valence-electron chi connectivity index (χ3n) is 5.31. The molecular weight excluding hydrogens is 369 g/mol. The first kappa shape index (κ1) is 19.3. The highest BCUT2D eigenvalue weighted by molar-refractivity contribution is 5.65. The Labute approximate surface area is 169 Å². The van der Waals surface area contributed by atoms with Gasteiger partial charge in [-0.2, -0.15) is 0 Å². The van der Waals surface area contributed by atoms with Crippen molar-refractivity contribution in [2.45, 2.75) is 25.6 Å². The third kappa shape index (κ3) is 4.54. The quantitative estimate of drug-likeness (QED) is 0.711. The van der Waals surface area contributed by atoms with Crippen LogP contribution in [0, 0.1) is 0 Å². The Balaban J connectivity index is 1.66. The second kappa shape index (κ2) is 8.57. The van der Waals surface area contributed by atoms with Gasteiger partial charge in [0, 0.05) is 36.8 Å². The van der Waals surface area contributed by atoms with Gasteiger partial charge in [0.15, 0.2) is 0 Å². The second-order valence-corrected chi connectivity index (χ2v) is 7.32. The Morgan fingerprint density at radius 1 is 1.14 bits per heavy atom. The Hall–Kier alpha value is -2.99. The molecule has 1 aliphatic heterocycles. The number of H-pyrrole nitrogens is 1. The number of halogens is 1. The number of likely N-dealkylation sites (tertiary alicyclic amines) is 1. The minimum Gasteiger partial charge on any atom is -0.497 e. The maximum atomic E-state index is 13.5. The van der Waals surface area contributed by atoms with Gasteiger partial charge in [-0.1, -0.05) is 24.3 Å². The van der Waals surface area contributed by atoms with E-state index < -0.39 is 6.17 Å². The molecule has 0 bridgehead atoms. The number of nitrogens with one attached hydrogen (secondary N) is 1. The van der Waals surface area contributed by atoms with Crippen LogP contribution >= 0.6 is 0 Å². The Morgan fingerprint density at radius 2 is 1.86 bits per heavy atom. The van der Waals surface area contributed by atoms with Crippen LogP contribution < -0.4 is 10.3 Å². The van der Waals surface area contributed by atoms with Gasteiger partial charge in [-0.15, -0.1) is 0 Å². The standard InChI is InChI=1S/C23H24FN3O2/c1-29-19-8-6-16(7-9-19)21-14-22(28)26-23(25-21)20-5-3-2-4-17(20)15-27-12-10-18(24)11-13-27/h2-9,14,18H,10-13,15H2,1H3,(H,25,26,28). The Kier molecular flexibility index (Phi) is 5.71. The lowest BCUT2D eigenvalue weighted by Gasteiger charge is -2.29. The molecule has 0 unspecified atom stereocenters. The first-order valence-corrected chi connectivity index (χ1v) is 9.83. The molecule has 0 radical (unpaired) electrons. The maximum absolute atomic E-state index is 13.5. The van der Waals surface area contributed by atoms with Crippen molar-refractivity contribution in [1.29, 1.82) is 0 Å². The lowest BCUT2D eigenvalue weighted by Crippen LogP contribution is -2.34. The summed E-state index contributed by atoms with van der Waals surface area (Å²) in [5, 5.41) is 0. The van der Waals surface area contributed by atoms with E-state index in [0.717, 1.165) is 35.5 Å². The predicted octanol–water partition coefficient (Wildman–Crippen LogP) is 4.05. The van der Waals surface area contributed by atoms with E-state index in [9.17, 15) is 9.18 Å². The zero-order valence-corrected chi connectivity index (χ0v) is 16.4. The monoisotopic (exact) mass is 393 g/mol. The first-order valence-electron chi connectivity index (χ1n) is 9.83. The van der Waals surface area contributed by atoms with Crippen LogP contribution in [-0.4, -0.2) is 41.2 Å². The van der Waals surface area contributed by atoms with Gasteiger partial charge >= 0.3 is 0 Å².